The molecule has 1 unspecified atom stereocenters. The van der Waals surface area contributed by atoms with Gasteiger partial charge in [-0.1, -0.05) is 17.7 Å². The molecule has 0 aliphatic carbocycles. The molecule has 1 aromatic carbocycles. The number of amides is 2. The molecule has 2 rings (SSSR count). The van der Waals surface area contributed by atoms with E-state index in [2.05, 4.69) is 0 Å². The van der Waals surface area contributed by atoms with E-state index in [4.69, 9.17) is 16.3 Å². The van der Waals surface area contributed by atoms with E-state index in [0.29, 0.717) is 12.0 Å². The van der Waals surface area contributed by atoms with Crippen LogP contribution >= 0.6 is 11.6 Å². The van der Waals surface area contributed by atoms with Gasteiger partial charge in [0, 0.05) is 5.54 Å². The van der Waals surface area contributed by atoms with Crippen molar-refractivity contribution in [3.63, 3.8) is 0 Å². The smallest absolute Gasteiger partial charge is 0.417 e. The lowest BCUT2D eigenvalue weighted by atomic mass is 9.91. The first-order chi connectivity index (χ1) is 10.4. The summed E-state index contributed by atoms with van der Waals surface area (Å²) in [4.78, 5) is 26.2. The number of ether oxygens (including phenoxy) is 1. The number of hydrogen-bond acceptors (Lipinski definition) is 3. The molecule has 1 fully saturated rings. The number of benzene rings is 1. The van der Waals surface area contributed by atoms with Gasteiger partial charge in [-0.25, -0.2) is 14.1 Å². The van der Waals surface area contributed by atoms with Gasteiger partial charge in [-0.3, -0.25) is 4.79 Å². The number of imide groups is 1. The van der Waals surface area contributed by atoms with Crippen LogP contribution in [0, 0.1) is 5.82 Å². The number of hydrogen-bond donors (Lipinski definition) is 0. The number of rotatable bonds is 1. The summed E-state index contributed by atoms with van der Waals surface area (Å²) >= 11 is 5.69. The van der Waals surface area contributed by atoms with Crippen LogP contribution < -0.4 is 0 Å². The van der Waals surface area contributed by atoms with Crippen molar-refractivity contribution in [2.75, 3.05) is 0 Å². The molecule has 0 N–H and O–H groups in total. The predicted octanol–water partition coefficient (Wildman–Crippen LogP) is 4.51. The molecule has 1 heterocycles. The first-order valence-corrected chi connectivity index (χ1v) is 7.82. The van der Waals surface area contributed by atoms with Crippen molar-refractivity contribution in [1.82, 2.24) is 4.90 Å². The molecule has 1 saturated heterocycles. The van der Waals surface area contributed by atoms with E-state index in [-0.39, 0.29) is 10.9 Å². The molecule has 0 bridgehead atoms. The molecule has 0 aromatic heterocycles. The maximum Gasteiger partial charge on any atom is 0.417 e. The van der Waals surface area contributed by atoms with Crippen molar-refractivity contribution in [3.05, 3.63) is 34.6 Å². The van der Waals surface area contributed by atoms with Crippen molar-refractivity contribution in [1.29, 1.82) is 0 Å². The Morgan fingerprint density at radius 3 is 2.52 bits per heavy atom. The minimum atomic E-state index is -0.708. The molecule has 1 aromatic rings. The van der Waals surface area contributed by atoms with Crippen LogP contribution in [0.1, 0.15) is 52.5 Å². The fraction of sp³-hybridized carbons (Fsp3) is 0.529. The van der Waals surface area contributed by atoms with Crippen molar-refractivity contribution < 1.29 is 18.7 Å². The second kappa shape index (κ2) is 5.78. The summed E-state index contributed by atoms with van der Waals surface area (Å²) < 4.78 is 19.0. The summed E-state index contributed by atoms with van der Waals surface area (Å²) in [6, 6.07) is 4.28. The molecule has 2 amide bonds. The zero-order valence-corrected chi connectivity index (χ0v) is 14.7. The van der Waals surface area contributed by atoms with Crippen LogP contribution in [0.2, 0.25) is 5.02 Å². The molecule has 1 aliphatic rings. The Bertz CT molecular complexity index is 652. The van der Waals surface area contributed by atoms with Gasteiger partial charge in [0.25, 0.3) is 0 Å². The Morgan fingerprint density at radius 2 is 2.00 bits per heavy atom. The zero-order chi connectivity index (χ0) is 17.6. The largest absolute Gasteiger partial charge is 0.443 e. The molecule has 1 aliphatic heterocycles. The minimum Gasteiger partial charge on any atom is -0.443 e. The zero-order valence-electron chi connectivity index (χ0n) is 13.9. The Kier molecular flexibility index (Phi) is 4.46. The van der Waals surface area contributed by atoms with E-state index in [1.165, 1.54) is 12.1 Å². The first kappa shape index (κ1) is 17.7. The van der Waals surface area contributed by atoms with Crippen LogP contribution in [-0.4, -0.2) is 28.0 Å². The number of carbonyl (C=O) groups excluding carboxylic acids is 2. The average molecular weight is 342 g/mol. The van der Waals surface area contributed by atoms with Crippen molar-refractivity contribution >= 4 is 23.6 Å². The molecule has 1 atom stereocenters. The Labute approximate surface area is 140 Å². The second-order valence-corrected chi connectivity index (χ2v) is 7.80. The van der Waals surface area contributed by atoms with Gasteiger partial charge in [-0.2, -0.15) is 0 Å². The number of likely N-dealkylation sites (tertiary alicyclic amines) is 1. The quantitative estimate of drug-likeness (QED) is 0.755. The average Bonchev–Trinajstić information content (AvgIpc) is 2.61. The van der Waals surface area contributed by atoms with Gasteiger partial charge in [0.2, 0.25) is 5.91 Å². The maximum absolute atomic E-state index is 13.7. The standard InChI is InChI=1S/C17H21ClFNO3/c1-16(2,3)23-15(22)20-14(21)11(9-17(20,4)5)10-6-7-12(18)13(19)8-10/h6-8,11H,9H2,1-5H3. The van der Waals surface area contributed by atoms with Gasteiger partial charge in [0.05, 0.1) is 10.9 Å². The molecule has 4 nitrogen and oxygen atoms in total. The third kappa shape index (κ3) is 3.66. The lowest BCUT2D eigenvalue weighted by Crippen LogP contribution is -2.47. The maximum atomic E-state index is 13.7. The Morgan fingerprint density at radius 1 is 1.39 bits per heavy atom. The van der Waals surface area contributed by atoms with Crippen molar-refractivity contribution in [3.8, 4) is 0 Å². The van der Waals surface area contributed by atoms with Crippen LogP contribution in [0.3, 0.4) is 0 Å². The van der Waals surface area contributed by atoms with Crippen LogP contribution in [0.5, 0.6) is 0 Å². The Balaban J connectivity index is 2.32. The van der Waals surface area contributed by atoms with Crippen LogP contribution in [0.25, 0.3) is 0 Å². The van der Waals surface area contributed by atoms with Gasteiger partial charge in [-0.15, -0.1) is 0 Å². The van der Waals surface area contributed by atoms with E-state index in [0.717, 1.165) is 4.90 Å². The highest BCUT2D eigenvalue weighted by molar-refractivity contribution is 6.30. The molecule has 0 radical (unpaired) electrons. The molecule has 6 heteroatoms. The SMILES string of the molecule is CC(C)(C)OC(=O)N1C(=O)C(c2ccc(Cl)c(F)c2)CC1(C)C. The summed E-state index contributed by atoms with van der Waals surface area (Å²) in [5.74, 6) is -1.55. The number of carbonyl (C=O) groups is 2. The van der Waals surface area contributed by atoms with Gasteiger partial charge >= 0.3 is 6.09 Å². The van der Waals surface area contributed by atoms with E-state index < -0.39 is 29.0 Å². The monoisotopic (exact) mass is 341 g/mol. The Hall–Kier alpha value is -1.62. The normalized spacial score (nSPS) is 20.7. The molecular weight excluding hydrogens is 321 g/mol. The summed E-state index contributed by atoms with van der Waals surface area (Å²) in [5, 5.41) is 0.00227. The van der Waals surface area contributed by atoms with E-state index in [9.17, 15) is 14.0 Å². The van der Waals surface area contributed by atoms with Gasteiger partial charge in [0.1, 0.15) is 11.4 Å². The number of nitrogens with zero attached hydrogens (tertiary/aromatic N) is 1. The van der Waals surface area contributed by atoms with Crippen LogP contribution in [0.4, 0.5) is 9.18 Å². The third-order valence-electron chi connectivity index (χ3n) is 3.75. The highest BCUT2D eigenvalue weighted by Crippen LogP contribution is 2.41. The highest BCUT2D eigenvalue weighted by atomic mass is 35.5. The fourth-order valence-corrected chi connectivity index (χ4v) is 2.88. The molecule has 126 valence electrons. The topological polar surface area (TPSA) is 46.6 Å². The lowest BCUT2D eigenvalue weighted by molar-refractivity contribution is -0.130. The first-order valence-electron chi connectivity index (χ1n) is 7.44. The molecule has 23 heavy (non-hydrogen) atoms. The summed E-state index contributed by atoms with van der Waals surface area (Å²) in [6.45, 7) is 8.81. The van der Waals surface area contributed by atoms with Crippen LogP contribution in [-0.2, 0) is 9.53 Å². The predicted molar refractivity (Wildman–Crippen MR) is 85.9 cm³/mol. The van der Waals surface area contributed by atoms with Gasteiger partial charge < -0.3 is 4.74 Å². The summed E-state index contributed by atoms with van der Waals surface area (Å²) in [6.07, 6.45) is -0.281. The molecule has 0 saturated carbocycles. The highest BCUT2D eigenvalue weighted by Gasteiger charge is 2.50. The van der Waals surface area contributed by atoms with E-state index in [1.54, 1.807) is 40.7 Å². The molecule has 0 spiro atoms. The number of halogens is 2. The fourth-order valence-electron chi connectivity index (χ4n) is 2.77. The summed E-state index contributed by atoms with van der Waals surface area (Å²) in [7, 11) is 0. The van der Waals surface area contributed by atoms with Gasteiger partial charge in [0.15, 0.2) is 0 Å². The van der Waals surface area contributed by atoms with E-state index in [1.807, 2.05) is 0 Å². The van der Waals surface area contributed by atoms with Gasteiger partial charge in [-0.05, 0) is 58.7 Å². The van der Waals surface area contributed by atoms with Crippen molar-refractivity contribution in [2.45, 2.75) is 58.1 Å². The van der Waals surface area contributed by atoms with Crippen LogP contribution in [0.15, 0.2) is 18.2 Å². The third-order valence-corrected chi connectivity index (χ3v) is 4.06. The molecular formula is C17H21ClFNO3. The van der Waals surface area contributed by atoms with E-state index >= 15 is 0 Å². The summed E-state index contributed by atoms with van der Waals surface area (Å²) in [5.41, 5.74) is -0.894. The van der Waals surface area contributed by atoms with Crippen molar-refractivity contribution in [2.24, 2.45) is 0 Å². The minimum absolute atomic E-state index is 0.00227. The lowest BCUT2D eigenvalue weighted by Gasteiger charge is -2.31. The second-order valence-electron chi connectivity index (χ2n) is 7.40.